The van der Waals surface area contributed by atoms with Crippen LogP contribution < -0.4 is 0 Å². The van der Waals surface area contributed by atoms with Gasteiger partial charge in [-0.2, -0.15) is 0 Å². The smallest absolute Gasteiger partial charge is 0.179 e. The second-order valence-electron chi connectivity index (χ2n) is 4.53. The molecule has 11 heavy (non-hydrogen) atoms. The zero-order valence-corrected chi connectivity index (χ0v) is 9.73. The highest BCUT2D eigenvalue weighted by Gasteiger charge is 2.34. The lowest BCUT2D eigenvalue weighted by molar-refractivity contribution is 0.719. The fraction of sp³-hybridized carbons (Fsp3) is 0.889. The van der Waals surface area contributed by atoms with Crippen LogP contribution in [0.25, 0.3) is 0 Å². The van der Waals surface area contributed by atoms with Gasteiger partial charge in [0.1, 0.15) is 0 Å². The highest BCUT2D eigenvalue weighted by Crippen LogP contribution is 2.36. The van der Waals surface area contributed by atoms with Crippen LogP contribution in [0, 0.1) is 0 Å². The Bertz CT molecular complexity index is 142. The molecule has 1 nitrogen and oxygen atoms in total. The van der Waals surface area contributed by atoms with Crippen LogP contribution in [0.5, 0.6) is 0 Å². The van der Waals surface area contributed by atoms with E-state index in [0.717, 1.165) is 6.42 Å². The fourth-order valence-corrected chi connectivity index (χ4v) is 1.54. The molecule has 0 heterocycles. The summed E-state index contributed by atoms with van der Waals surface area (Å²) < 4.78 is 4.66. The molecular formula is C9H21NSi. The maximum absolute atomic E-state index is 4.66. The molecule has 0 saturated heterocycles. The maximum atomic E-state index is 4.66. The van der Waals surface area contributed by atoms with Crippen molar-refractivity contribution in [2.45, 2.75) is 52.2 Å². The molecule has 0 saturated carbocycles. The van der Waals surface area contributed by atoms with Crippen LogP contribution in [-0.2, 0) is 0 Å². The summed E-state index contributed by atoms with van der Waals surface area (Å²) >= 11 is 0. The van der Waals surface area contributed by atoms with Crippen LogP contribution >= 0.6 is 0 Å². The lowest BCUT2D eigenvalue weighted by Crippen LogP contribution is -2.35. The van der Waals surface area contributed by atoms with Gasteiger partial charge in [-0.25, -0.2) is 0 Å². The van der Waals surface area contributed by atoms with Crippen molar-refractivity contribution in [1.29, 1.82) is 0 Å². The van der Waals surface area contributed by atoms with Gasteiger partial charge in [0.25, 0.3) is 0 Å². The summed E-state index contributed by atoms with van der Waals surface area (Å²) in [6.45, 7) is 13.6. The summed E-state index contributed by atoms with van der Waals surface area (Å²) in [7, 11) is -1.36. The summed E-state index contributed by atoms with van der Waals surface area (Å²) in [6, 6.07) is 0. The van der Waals surface area contributed by atoms with Gasteiger partial charge in [-0.3, -0.25) is 0 Å². The van der Waals surface area contributed by atoms with Crippen molar-refractivity contribution in [1.82, 2.24) is 0 Å². The molecule has 0 aliphatic carbocycles. The van der Waals surface area contributed by atoms with Crippen molar-refractivity contribution >= 4 is 14.5 Å². The third kappa shape index (κ3) is 3.19. The molecule has 66 valence electrons. The number of hydrogen-bond donors (Lipinski definition) is 0. The molecule has 0 N–H and O–H groups in total. The van der Waals surface area contributed by atoms with Gasteiger partial charge in [0.15, 0.2) is 8.24 Å². The number of hydrogen-bond acceptors (Lipinski definition) is 1. The van der Waals surface area contributed by atoms with Gasteiger partial charge in [-0.1, -0.05) is 27.7 Å². The van der Waals surface area contributed by atoms with Gasteiger partial charge < -0.3 is 4.66 Å². The molecule has 0 atom stereocenters. The molecule has 0 rings (SSSR count). The maximum Gasteiger partial charge on any atom is 0.179 e. The molecule has 0 unspecified atom stereocenters. The van der Waals surface area contributed by atoms with Gasteiger partial charge in [-0.05, 0) is 30.8 Å². The highest BCUT2D eigenvalue weighted by molar-refractivity contribution is 6.79. The molecule has 0 fully saturated rings. The lowest BCUT2D eigenvalue weighted by atomic mass is 10.2. The normalized spacial score (nSPS) is 14.4. The molecule has 0 radical (unpaired) electrons. The van der Waals surface area contributed by atoms with E-state index in [1.54, 1.807) is 0 Å². The third-order valence-corrected chi connectivity index (χ3v) is 6.93. The molecular weight excluding hydrogens is 150 g/mol. The predicted octanol–water partition coefficient (Wildman–Crippen LogP) is 3.47. The summed E-state index contributed by atoms with van der Waals surface area (Å²) in [4.78, 5) is 0. The first kappa shape index (κ1) is 10.9. The van der Waals surface area contributed by atoms with Crippen LogP contribution in [0.1, 0.15) is 34.1 Å². The number of nitrogens with zero attached hydrogens (tertiary/aromatic N) is 1. The molecule has 2 heteroatoms. The summed E-state index contributed by atoms with van der Waals surface area (Å²) in [5.41, 5.74) is 0. The van der Waals surface area contributed by atoms with E-state index in [1.807, 2.05) is 0 Å². The molecule has 0 aromatic rings. The van der Waals surface area contributed by atoms with E-state index in [0.29, 0.717) is 5.04 Å². The van der Waals surface area contributed by atoms with Crippen LogP contribution in [0.2, 0.25) is 18.1 Å². The van der Waals surface area contributed by atoms with Crippen LogP contribution in [0.15, 0.2) is 4.66 Å². The molecule has 0 aliphatic heterocycles. The Morgan fingerprint density at radius 3 is 2.00 bits per heavy atom. The highest BCUT2D eigenvalue weighted by atomic mass is 28.3. The molecule has 0 aliphatic rings. The molecule has 0 spiro atoms. The predicted molar refractivity (Wildman–Crippen MR) is 56.0 cm³/mol. The lowest BCUT2D eigenvalue weighted by Gasteiger charge is -2.32. The Kier molecular flexibility index (Phi) is 3.49. The molecule has 0 bridgehead atoms. The fourth-order valence-electron chi connectivity index (χ4n) is 0.513. The average molecular weight is 171 g/mol. The second kappa shape index (κ2) is 3.52. The Morgan fingerprint density at radius 2 is 1.73 bits per heavy atom. The summed E-state index contributed by atoms with van der Waals surface area (Å²) in [6.07, 6.45) is 3.13. The first-order valence-corrected chi connectivity index (χ1v) is 7.29. The number of rotatable bonds is 2. The Labute approximate surface area is 72.0 Å². The van der Waals surface area contributed by atoms with E-state index in [2.05, 4.69) is 51.7 Å². The van der Waals surface area contributed by atoms with E-state index in [1.165, 1.54) is 0 Å². The van der Waals surface area contributed by atoms with Gasteiger partial charge in [0.2, 0.25) is 0 Å². The monoisotopic (exact) mass is 171 g/mol. The first-order valence-electron chi connectivity index (χ1n) is 4.35. The van der Waals surface area contributed by atoms with E-state index in [-0.39, 0.29) is 0 Å². The van der Waals surface area contributed by atoms with Crippen molar-refractivity contribution in [3.8, 4) is 0 Å². The Balaban J connectivity index is 4.34. The Morgan fingerprint density at radius 1 is 1.27 bits per heavy atom. The molecule has 0 amide bonds. The minimum absolute atomic E-state index is 0.388. The summed E-state index contributed by atoms with van der Waals surface area (Å²) in [5, 5.41) is 0.388. The zero-order valence-electron chi connectivity index (χ0n) is 8.73. The zero-order chi connectivity index (χ0) is 9.12. The van der Waals surface area contributed by atoms with Crippen LogP contribution in [0.3, 0.4) is 0 Å². The molecule has 0 aromatic carbocycles. The standard InChI is InChI=1S/C9H21NSi/c1-7-8-10-11(5,6)9(2,3)4/h8H,7H2,1-6H3/b10-8+. The van der Waals surface area contributed by atoms with Crippen LogP contribution in [0.4, 0.5) is 0 Å². The topological polar surface area (TPSA) is 12.4 Å². The van der Waals surface area contributed by atoms with E-state index in [9.17, 15) is 0 Å². The van der Waals surface area contributed by atoms with Gasteiger partial charge in [-0.15, -0.1) is 0 Å². The van der Waals surface area contributed by atoms with Gasteiger partial charge in [0, 0.05) is 0 Å². The largest absolute Gasteiger partial charge is 0.333 e. The van der Waals surface area contributed by atoms with Crippen molar-refractivity contribution in [3.05, 3.63) is 0 Å². The van der Waals surface area contributed by atoms with E-state index >= 15 is 0 Å². The van der Waals surface area contributed by atoms with Crippen molar-refractivity contribution in [2.75, 3.05) is 0 Å². The summed E-state index contributed by atoms with van der Waals surface area (Å²) in [5.74, 6) is 0. The molecule has 0 aromatic heterocycles. The average Bonchev–Trinajstić information content (AvgIpc) is 1.81. The first-order chi connectivity index (χ1) is 4.81. The minimum Gasteiger partial charge on any atom is -0.333 e. The van der Waals surface area contributed by atoms with Crippen molar-refractivity contribution in [2.24, 2.45) is 4.66 Å². The van der Waals surface area contributed by atoms with Gasteiger partial charge in [0.05, 0.1) is 0 Å². The quantitative estimate of drug-likeness (QED) is 0.445. The minimum atomic E-state index is -1.36. The van der Waals surface area contributed by atoms with Crippen LogP contribution in [-0.4, -0.2) is 14.5 Å². The van der Waals surface area contributed by atoms with E-state index in [4.69, 9.17) is 0 Å². The SMILES string of the molecule is CC/C=N/[Si](C)(C)C(C)(C)C. The van der Waals surface area contributed by atoms with Gasteiger partial charge >= 0.3 is 0 Å². The van der Waals surface area contributed by atoms with Crippen molar-refractivity contribution < 1.29 is 0 Å². The Hall–Kier alpha value is -0.113. The third-order valence-electron chi connectivity index (χ3n) is 2.43. The second-order valence-corrected chi connectivity index (χ2v) is 9.41. The van der Waals surface area contributed by atoms with E-state index < -0.39 is 8.24 Å². The van der Waals surface area contributed by atoms with Crippen molar-refractivity contribution in [3.63, 3.8) is 0 Å².